The van der Waals surface area contributed by atoms with Crippen LogP contribution >= 0.6 is 23.2 Å². The smallest absolute Gasteiger partial charge is 0.182 e. The van der Waals surface area contributed by atoms with Gasteiger partial charge in [-0.1, -0.05) is 23.2 Å². The molecule has 0 bridgehead atoms. The van der Waals surface area contributed by atoms with Gasteiger partial charge in [-0.25, -0.2) is 57.4 Å². The number of halogens is 6. The van der Waals surface area contributed by atoms with Crippen molar-refractivity contribution in [3.05, 3.63) is 143 Å². The van der Waals surface area contributed by atoms with Gasteiger partial charge in [-0.3, -0.25) is 9.13 Å². The summed E-state index contributed by atoms with van der Waals surface area (Å²) in [5.41, 5.74) is 5.48. The maximum Gasteiger partial charge on any atom is 0.182 e. The number of imidazole rings is 4. The second-order valence-electron chi connectivity index (χ2n) is 13.5. The third kappa shape index (κ3) is 7.37. The second kappa shape index (κ2) is 15.5. The first-order valence-corrected chi connectivity index (χ1v) is 18.8. The van der Waals surface area contributed by atoms with Gasteiger partial charge in [0.05, 0.1) is 58.2 Å². The van der Waals surface area contributed by atoms with E-state index in [0.29, 0.717) is 89.1 Å². The molecule has 0 amide bonds. The van der Waals surface area contributed by atoms with Gasteiger partial charge in [0.15, 0.2) is 22.9 Å². The molecule has 0 spiro atoms. The van der Waals surface area contributed by atoms with E-state index in [4.69, 9.17) is 23.2 Å². The Labute approximate surface area is 345 Å². The van der Waals surface area contributed by atoms with Crippen molar-refractivity contribution < 1.29 is 17.6 Å². The largest absolute Gasteiger partial charge is 0.358 e. The molecule has 6 aromatic heterocycles. The number of anilines is 2. The molecule has 0 unspecified atom stereocenters. The van der Waals surface area contributed by atoms with Crippen LogP contribution < -0.4 is 10.6 Å². The number of benzene rings is 4. The molecule has 0 aliphatic heterocycles. The Balaban J connectivity index is 0.000000154. The van der Waals surface area contributed by atoms with Crippen molar-refractivity contribution in [2.75, 3.05) is 10.6 Å². The molecule has 4 N–H and O–H groups in total. The molecule has 0 aliphatic carbocycles. The van der Waals surface area contributed by atoms with Crippen molar-refractivity contribution in [3.8, 4) is 11.4 Å². The van der Waals surface area contributed by atoms with Crippen LogP contribution in [0.1, 0.15) is 37.6 Å². The van der Waals surface area contributed by atoms with Gasteiger partial charge in [0.25, 0.3) is 0 Å². The molecule has 10 aromatic rings. The highest BCUT2D eigenvalue weighted by Gasteiger charge is 2.23. The highest BCUT2D eigenvalue weighted by molar-refractivity contribution is 6.31. The third-order valence-electron chi connectivity index (χ3n) is 9.42. The molecule has 2 atom stereocenters. The molecule has 6 heterocycles. The van der Waals surface area contributed by atoms with Crippen LogP contribution in [0.4, 0.5) is 29.2 Å². The Morgan fingerprint density at radius 2 is 0.933 bits per heavy atom. The molecule has 0 saturated carbocycles. The first-order chi connectivity index (χ1) is 29.0. The summed E-state index contributed by atoms with van der Waals surface area (Å²) < 4.78 is 59.3. The molecule has 0 fully saturated rings. The molecule has 14 nitrogen and oxygen atoms in total. The number of rotatable bonds is 8. The van der Waals surface area contributed by atoms with Gasteiger partial charge in [0.1, 0.15) is 58.6 Å². The summed E-state index contributed by atoms with van der Waals surface area (Å²) in [5, 5.41) is 7.53. The van der Waals surface area contributed by atoms with E-state index < -0.39 is 23.3 Å². The van der Waals surface area contributed by atoms with Crippen molar-refractivity contribution in [1.82, 2.24) is 59.0 Å². The van der Waals surface area contributed by atoms with Gasteiger partial charge < -0.3 is 20.6 Å². The SMILES string of the molecule is C[C@@H](Nc1ncnc2nc[nH]c12)c1nc2ccc(Cl)cc2n1-c1cc(F)cc(F)c1.C[C@H](Nc1ncnc2nc[nH]c12)c1nc2ccc(Cl)cc2n1-c1cc(F)cc(F)c1. The van der Waals surface area contributed by atoms with Gasteiger partial charge in [-0.15, -0.1) is 0 Å². The van der Waals surface area contributed by atoms with Crippen LogP contribution in [0.2, 0.25) is 10.0 Å². The lowest BCUT2D eigenvalue weighted by atomic mass is 10.2. The first-order valence-electron chi connectivity index (χ1n) is 18.1. The second-order valence-corrected chi connectivity index (χ2v) is 14.4. The minimum atomic E-state index is -0.685. The van der Waals surface area contributed by atoms with E-state index in [-0.39, 0.29) is 12.1 Å². The summed E-state index contributed by atoms with van der Waals surface area (Å²) >= 11 is 12.4. The number of aromatic nitrogens is 12. The summed E-state index contributed by atoms with van der Waals surface area (Å²) in [6.07, 6.45) is 5.87. The summed E-state index contributed by atoms with van der Waals surface area (Å²) in [5.74, 6) is -0.608. The summed E-state index contributed by atoms with van der Waals surface area (Å²) in [7, 11) is 0. The van der Waals surface area contributed by atoms with E-state index in [1.165, 1.54) is 49.6 Å². The van der Waals surface area contributed by atoms with E-state index >= 15 is 0 Å². The summed E-state index contributed by atoms with van der Waals surface area (Å²) in [6.45, 7) is 3.75. The van der Waals surface area contributed by atoms with E-state index in [0.717, 1.165) is 12.1 Å². The van der Waals surface area contributed by atoms with E-state index in [1.807, 2.05) is 13.8 Å². The lowest BCUT2D eigenvalue weighted by Gasteiger charge is -2.17. The van der Waals surface area contributed by atoms with Crippen molar-refractivity contribution in [2.24, 2.45) is 0 Å². The van der Waals surface area contributed by atoms with Crippen molar-refractivity contribution in [1.29, 1.82) is 0 Å². The van der Waals surface area contributed by atoms with Crippen LogP contribution in [0.5, 0.6) is 0 Å². The van der Waals surface area contributed by atoms with E-state index in [9.17, 15) is 17.6 Å². The summed E-state index contributed by atoms with van der Waals surface area (Å²) in [6, 6.07) is 16.3. The van der Waals surface area contributed by atoms with Crippen LogP contribution in [-0.4, -0.2) is 59.0 Å². The number of fused-ring (bicyclic) bond motifs is 4. The normalized spacial score (nSPS) is 12.5. The zero-order valence-corrected chi connectivity index (χ0v) is 32.6. The third-order valence-corrected chi connectivity index (χ3v) is 9.89. The summed E-state index contributed by atoms with van der Waals surface area (Å²) in [4.78, 5) is 40.3. The molecule has 20 heteroatoms. The highest BCUT2D eigenvalue weighted by Crippen LogP contribution is 2.32. The van der Waals surface area contributed by atoms with Crippen LogP contribution in [0.15, 0.2) is 98.1 Å². The average Bonchev–Trinajstić information content (AvgIpc) is 4.02. The topological polar surface area (TPSA) is 169 Å². The van der Waals surface area contributed by atoms with E-state index in [1.54, 1.807) is 45.5 Å². The fourth-order valence-corrected chi connectivity index (χ4v) is 7.22. The predicted molar refractivity (Wildman–Crippen MR) is 219 cm³/mol. The van der Waals surface area contributed by atoms with Crippen LogP contribution in [0, 0.1) is 23.3 Å². The Morgan fingerprint density at radius 1 is 0.533 bits per heavy atom. The maximum atomic E-state index is 14.0. The number of nitrogens with one attached hydrogen (secondary N) is 4. The van der Waals surface area contributed by atoms with Gasteiger partial charge in [0.2, 0.25) is 0 Å². The first kappa shape index (κ1) is 38.3. The molecule has 300 valence electrons. The Kier molecular flexibility index (Phi) is 9.93. The number of H-pyrrole nitrogens is 2. The molecule has 0 saturated heterocycles. The molecule has 0 aliphatic rings. The number of hydrogen-bond acceptors (Lipinski definition) is 10. The van der Waals surface area contributed by atoms with Gasteiger partial charge in [-0.2, -0.15) is 0 Å². The Bertz CT molecular complexity index is 2960. The van der Waals surface area contributed by atoms with Gasteiger partial charge in [-0.05, 0) is 74.5 Å². The van der Waals surface area contributed by atoms with E-state index in [2.05, 4.69) is 60.5 Å². The molecular weight excluding hydrogens is 823 g/mol. The zero-order valence-electron chi connectivity index (χ0n) is 31.1. The number of aromatic amines is 2. The molecule has 0 radical (unpaired) electrons. The highest BCUT2D eigenvalue weighted by atomic mass is 35.5. The minimum absolute atomic E-state index is 0.301. The van der Waals surface area contributed by atoms with Crippen LogP contribution in [-0.2, 0) is 0 Å². The average molecular weight is 852 g/mol. The lowest BCUT2D eigenvalue weighted by molar-refractivity contribution is 0.580. The van der Waals surface area contributed by atoms with Crippen molar-refractivity contribution >= 4 is 79.2 Å². The van der Waals surface area contributed by atoms with Crippen LogP contribution in [0.3, 0.4) is 0 Å². The number of nitrogens with zero attached hydrogens (tertiary/aromatic N) is 10. The zero-order chi connectivity index (χ0) is 41.7. The quantitative estimate of drug-likeness (QED) is 0.108. The van der Waals surface area contributed by atoms with Crippen molar-refractivity contribution in [3.63, 3.8) is 0 Å². The van der Waals surface area contributed by atoms with Crippen molar-refractivity contribution in [2.45, 2.75) is 25.9 Å². The number of hydrogen-bond donors (Lipinski definition) is 4. The molecule has 4 aromatic carbocycles. The fourth-order valence-electron chi connectivity index (χ4n) is 6.88. The molecular formula is C40H28Cl2F4N14. The maximum absolute atomic E-state index is 14.0. The fraction of sp³-hybridized carbons (Fsp3) is 0.100. The molecule has 60 heavy (non-hydrogen) atoms. The molecule has 10 rings (SSSR count). The minimum Gasteiger partial charge on any atom is -0.358 e. The van der Waals surface area contributed by atoms with Gasteiger partial charge in [0, 0.05) is 22.2 Å². The van der Waals surface area contributed by atoms with Crippen LogP contribution in [0.25, 0.3) is 55.8 Å². The van der Waals surface area contributed by atoms with Gasteiger partial charge >= 0.3 is 0 Å². The monoisotopic (exact) mass is 850 g/mol. The standard InChI is InChI=1S/2C20H14ClF2N7/c2*1-10(28-19-17-18(25-8-24-17)26-9-27-19)20-29-15-3-2-11(21)4-16(15)30(20)14-6-12(22)5-13(23)7-14/h2*2-10H,1H3,(H2,24,25,26,27,28)/t2*10-/m10/s1. The predicted octanol–water partition coefficient (Wildman–Crippen LogP) is 9.59. The lowest BCUT2D eigenvalue weighted by Crippen LogP contribution is -2.14. The Morgan fingerprint density at radius 3 is 1.33 bits per heavy atom. The Hall–Kier alpha value is -7.18.